The Morgan fingerprint density at radius 2 is 2.25 bits per heavy atom. The topological polar surface area (TPSA) is 59.8 Å². The zero-order valence-electron chi connectivity index (χ0n) is 12.6. The smallest absolute Gasteiger partial charge is 0.261 e. The number of rotatable bonds is 2. The number of amides is 1. The number of halogens is 2. The molecule has 0 aliphatic heterocycles. The highest BCUT2D eigenvalue weighted by molar-refractivity contribution is 7.16. The second-order valence-corrected chi connectivity index (χ2v) is 6.96. The molecule has 2 heterocycles. The number of nitrogens with zero attached hydrogens (tertiary/aromatic N) is 3. The van der Waals surface area contributed by atoms with Gasteiger partial charge in [0, 0.05) is 23.2 Å². The van der Waals surface area contributed by atoms with Crippen LogP contribution in [0.5, 0.6) is 0 Å². The molecule has 0 saturated heterocycles. The van der Waals surface area contributed by atoms with Crippen molar-refractivity contribution in [1.82, 2.24) is 14.8 Å². The summed E-state index contributed by atoms with van der Waals surface area (Å²) in [4.78, 5) is 17.9. The van der Waals surface area contributed by atoms with E-state index in [4.69, 9.17) is 11.6 Å². The van der Waals surface area contributed by atoms with E-state index in [0.717, 1.165) is 34.7 Å². The van der Waals surface area contributed by atoms with Gasteiger partial charge in [-0.15, -0.1) is 11.3 Å². The molecular formula is C16H12ClFN4OS. The molecule has 4 rings (SSSR count). The van der Waals surface area contributed by atoms with Crippen molar-refractivity contribution < 1.29 is 9.18 Å². The van der Waals surface area contributed by atoms with Crippen molar-refractivity contribution in [2.24, 2.45) is 7.05 Å². The summed E-state index contributed by atoms with van der Waals surface area (Å²) in [5.74, 6) is -1.26. The van der Waals surface area contributed by atoms with Crippen LogP contribution in [0.15, 0.2) is 24.4 Å². The van der Waals surface area contributed by atoms with Gasteiger partial charge in [0.05, 0.1) is 22.5 Å². The van der Waals surface area contributed by atoms with Crippen LogP contribution < -0.4 is 5.32 Å². The van der Waals surface area contributed by atoms with E-state index in [9.17, 15) is 9.18 Å². The van der Waals surface area contributed by atoms with E-state index < -0.39 is 11.7 Å². The lowest BCUT2D eigenvalue weighted by molar-refractivity contribution is 0.102. The summed E-state index contributed by atoms with van der Waals surface area (Å²) in [6.45, 7) is 0. The van der Waals surface area contributed by atoms with Gasteiger partial charge in [-0.05, 0) is 25.0 Å². The first-order valence-corrected chi connectivity index (χ1v) is 8.50. The maximum Gasteiger partial charge on any atom is 0.261 e. The maximum absolute atomic E-state index is 13.9. The first-order valence-electron chi connectivity index (χ1n) is 7.31. The molecule has 2 aromatic heterocycles. The predicted molar refractivity (Wildman–Crippen MR) is 91.1 cm³/mol. The third-order valence-corrected chi connectivity index (χ3v) is 5.36. The normalized spacial score (nSPS) is 12.6. The number of nitrogens with one attached hydrogen (secondary N) is 1. The van der Waals surface area contributed by atoms with Gasteiger partial charge in [-0.1, -0.05) is 17.7 Å². The fourth-order valence-electron chi connectivity index (χ4n) is 2.85. The number of fused-ring (bicyclic) bond motifs is 3. The molecule has 0 radical (unpaired) electrons. The van der Waals surface area contributed by atoms with Crippen LogP contribution in [0, 0.1) is 5.82 Å². The van der Waals surface area contributed by atoms with Crippen molar-refractivity contribution >= 4 is 34.0 Å². The molecule has 24 heavy (non-hydrogen) atoms. The van der Waals surface area contributed by atoms with Gasteiger partial charge < -0.3 is 0 Å². The van der Waals surface area contributed by atoms with Crippen molar-refractivity contribution in [1.29, 1.82) is 0 Å². The third kappa shape index (κ3) is 2.40. The molecule has 0 saturated carbocycles. The SMILES string of the molecule is Cn1ncc2c1CCc1sc(NC(=O)c3c(F)cccc3Cl)nc1-2. The van der Waals surface area contributed by atoms with E-state index in [1.54, 1.807) is 6.20 Å². The lowest BCUT2D eigenvalue weighted by Crippen LogP contribution is -2.14. The Kier molecular flexibility index (Phi) is 3.62. The summed E-state index contributed by atoms with van der Waals surface area (Å²) in [5.41, 5.74) is 2.78. The van der Waals surface area contributed by atoms with E-state index in [1.807, 2.05) is 11.7 Å². The predicted octanol–water partition coefficient (Wildman–Crippen LogP) is 3.69. The van der Waals surface area contributed by atoms with E-state index in [0.29, 0.717) is 5.13 Å². The first-order chi connectivity index (χ1) is 11.5. The Hall–Kier alpha value is -2.25. The van der Waals surface area contributed by atoms with Crippen LogP contribution in [-0.4, -0.2) is 20.7 Å². The molecule has 0 unspecified atom stereocenters. The minimum atomic E-state index is -0.657. The average Bonchev–Trinajstić information content (AvgIpc) is 3.10. The third-order valence-electron chi connectivity index (χ3n) is 4.01. The second-order valence-electron chi connectivity index (χ2n) is 5.47. The van der Waals surface area contributed by atoms with Crippen LogP contribution >= 0.6 is 22.9 Å². The van der Waals surface area contributed by atoms with Crippen LogP contribution in [0.4, 0.5) is 9.52 Å². The number of aryl methyl sites for hydroxylation is 2. The van der Waals surface area contributed by atoms with Crippen LogP contribution in [0.1, 0.15) is 20.9 Å². The Bertz CT molecular complexity index is 945. The quantitative estimate of drug-likeness (QED) is 0.756. The molecule has 1 amide bonds. The number of hydrogen-bond donors (Lipinski definition) is 1. The highest BCUT2D eigenvalue weighted by Gasteiger charge is 2.25. The molecule has 1 aliphatic carbocycles. The molecule has 0 fully saturated rings. The number of thiazole rings is 1. The molecule has 122 valence electrons. The average molecular weight is 363 g/mol. The van der Waals surface area contributed by atoms with E-state index in [1.165, 1.54) is 29.5 Å². The van der Waals surface area contributed by atoms with Gasteiger partial charge in [0.15, 0.2) is 5.13 Å². The van der Waals surface area contributed by atoms with Crippen LogP contribution in [0.25, 0.3) is 11.3 Å². The fraction of sp³-hybridized carbons (Fsp3) is 0.188. The highest BCUT2D eigenvalue weighted by atomic mass is 35.5. The molecule has 1 aliphatic rings. The summed E-state index contributed by atoms with van der Waals surface area (Å²) in [6, 6.07) is 4.14. The first kappa shape index (κ1) is 15.3. The minimum absolute atomic E-state index is 0.0726. The molecule has 0 atom stereocenters. The van der Waals surface area contributed by atoms with Crippen LogP contribution in [-0.2, 0) is 19.9 Å². The zero-order chi connectivity index (χ0) is 16.8. The zero-order valence-corrected chi connectivity index (χ0v) is 14.2. The standard InChI is InChI=1S/C16H12ClFN4OS/c1-22-11-5-6-12-14(8(11)7-19-22)20-16(24-12)21-15(23)13-9(17)3-2-4-10(13)18/h2-4,7H,5-6H2,1H3,(H,20,21,23). The molecule has 0 spiro atoms. The van der Waals surface area contributed by atoms with Crippen LogP contribution in [0.3, 0.4) is 0 Å². The number of benzene rings is 1. The number of carbonyl (C=O) groups is 1. The molecule has 3 aromatic rings. The van der Waals surface area contributed by atoms with Crippen molar-refractivity contribution in [2.75, 3.05) is 5.32 Å². The van der Waals surface area contributed by atoms with Crippen molar-refractivity contribution in [2.45, 2.75) is 12.8 Å². The van der Waals surface area contributed by atoms with E-state index in [-0.39, 0.29) is 10.6 Å². The van der Waals surface area contributed by atoms with Gasteiger partial charge >= 0.3 is 0 Å². The van der Waals surface area contributed by atoms with Gasteiger partial charge in [-0.25, -0.2) is 9.37 Å². The lowest BCUT2D eigenvalue weighted by Gasteiger charge is -2.10. The highest BCUT2D eigenvalue weighted by Crippen LogP contribution is 2.38. The largest absolute Gasteiger partial charge is 0.298 e. The molecule has 1 N–H and O–H groups in total. The second kappa shape index (κ2) is 5.68. The van der Waals surface area contributed by atoms with E-state index in [2.05, 4.69) is 15.4 Å². The number of hydrogen-bond acceptors (Lipinski definition) is 4. The molecule has 5 nitrogen and oxygen atoms in total. The molecule has 0 bridgehead atoms. The fourth-order valence-corrected chi connectivity index (χ4v) is 4.07. The van der Waals surface area contributed by atoms with Gasteiger partial charge in [0.1, 0.15) is 5.82 Å². The van der Waals surface area contributed by atoms with Gasteiger partial charge in [0.25, 0.3) is 5.91 Å². The summed E-state index contributed by atoms with van der Waals surface area (Å²) < 4.78 is 15.7. The van der Waals surface area contributed by atoms with Crippen molar-refractivity contribution in [3.8, 4) is 11.3 Å². The van der Waals surface area contributed by atoms with Gasteiger partial charge in [-0.3, -0.25) is 14.8 Å². The lowest BCUT2D eigenvalue weighted by atomic mass is 10.0. The van der Waals surface area contributed by atoms with Gasteiger partial charge in [-0.2, -0.15) is 5.10 Å². The summed E-state index contributed by atoms with van der Waals surface area (Å²) in [5, 5.41) is 7.42. The Morgan fingerprint density at radius 3 is 3.04 bits per heavy atom. The molecular weight excluding hydrogens is 351 g/mol. The van der Waals surface area contributed by atoms with E-state index >= 15 is 0 Å². The maximum atomic E-state index is 13.9. The number of anilines is 1. The Balaban J connectivity index is 1.66. The molecule has 8 heteroatoms. The number of aromatic nitrogens is 3. The Labute approximate surface area is 146 Å². The van der Waals surface area contributed by atoms with Crippen LogP contribution in [0.2, 0.25) is 5.02 Å². The summed E-state index contributed by atoms with van der Waals surface area (Å²) in [7, 11) is 1.90. The molecule has 1 aromatic carbocycles. The Morgan fingerprint density at radius 1 is 1.42 bits per heavy atom. The monoisotopic (exact) mass is 362 g/mol. The number of carbonyl (C=O) groups excluding carboxylic acids is 1. The van der Waals surface area contributed by atoms with Crippen molar-refractivity contribution in [3.05, 3.63) is 51.4 Å². The van der Waals surface area contributed by atoms with Crippen molar-refractivity contribution in [3.63, 3.8) is 0 Å². The minimum Gasteiger partial charge on any atom is -0.298 e. The summed E-state index contributed by atoms with van der Waals surface area (Å²) >= 11 is 7.33. The summed E-state index contributed by atoms with van der Waals surface area (Å²) in [6.07, 6.45) is 3.51. The van der Waals surface area contributed by atoms with Gasteiger partial charge in [0.2, 0.25) is 0 Å².